The molecule has 358 valence electrons. The first-order valence-electron chi connectivity index (χ1n) is 24.3. The largest absolute Gasteiger partial charge is 1.00 e. The zero-order chi connectivity index (χ0) is 48.6. The van der Waals surface area contributed by atoms with Gasteiger partial charge in [0.25, 0.3) is 0 Å². The summed E-state index contributed by atoms with van der Waals surface area (Å²) in [7, 11) is -2.28. The van der Waals surface area contributed by atoms with Crippen molar-refractivity contribution >= 4 is 112 Å². The molecule has 74 heavy (non-hydrogen) atoms. The van der Waals surface area contributed by atoms with Gasteiger partial charge >= 0.3 is 44.8 Å². The Kier molecular flexibility index (Phi) is 17.0. The van der Waals surface area contributed by atoms with Crippen LogP contribution in [0.25, 0.3) is 64.6 Å². The van der Waals surface area contributed by atoms with Gasteiger partial charge in [0.05, 0.1) is 0 Å². The van der Waals surface area contributed by atoms with Gasteiger partial charge in [-0.25, -0.2) is 0 Å². The van der Waals surface area contributed by atoms with Crippen LogP contribution in [0.15, 0.2) is 279 Å². The molecule has 0 unspecified atom stereocenters. The molecule has 4 heteroatoms. The van der Waals surface area contributed by atoms with Crippen molar-refractivity contribution in [1.82, 2.24) is 0 Å². The van der Waals surface area contributed by atoms with Gasteiger partial charge in [-0.2, -0.15) is 0 Å². The van der Waals surface area contributed by atoms with Gasteiger partial charge in [0, 0.05) is 0 Å². The Labute approximate surface area is 468 Å². The molecule has 0 amide bonds. The predicted octanol–water partition coefficient (Wildman–Crippen LogP) is 14.8. The first-order chi connectivity index (χ1) is 35.7. The molecule has 0 saturated carbocycles. The summed E-state index contributed by atoms with van der Waals surface area (Å²) in [5, 5.41) is 23.3. The van der Waals surface area contributed by atoms with Crippen LogP contribution in [0.4, 0.5) is 0 Å². The van der Waals surface area contributed by atoms with Gasteiger partial charge in [0.2, 0.25) is 0 Å². The Morgan fingerprint density at radius 1 is 0.216 bits per heavy atom. The quantitative estimate of drug-likeness (QED) is 0.0512. The zero-order valence-electron chi connectivity index (χ0n) is 40.2. The standard InChI is InChI=1S/C30H24P2.2C20H11.2Ag/c1-5-15-25(16-6-1)31(26-17-7-2-8-18-26)29-23-13-14-24-30(29)32(27-19-9-3-10-20-27)28-21-11-4-12-22-28;2*1-2-14-7-5-9-18-17(14)12-13-19-16-8-4-3-6-15(16)10-11-20(18)19;;/h1-24H;2*3-13H;;/q;2*-1;2*+1/p+2. The number of hydrogen-bond donors (Lipinski definition) is 0. The summed E-state index contributed by atoms with van der Waals surface area (Å²) in [6, 6.07) is 99.6. The van der Waals surface area contributed by atoms with E-state index in [2.05, 4.69) is 267 Å². The molecule has 13 aromatic rings. The van der Waals surface area contributed by atoms with Crippen LogP contribution in [0.2, 0.25) is 0 Å². The monoisotopic (exact) mass is 1160 g/mol. The molecule has 0 spiro atoms. The molecule has 0 saturated heterocycles. The summed E-state index contributed by atoms with van der Waals surface area (Å²) in [5.41, 5.74) is 1.69. The fraction of sp³-hybridized carbons (Fsp3) is 0. The Bertz CT molecular complexity index is 3780. The van der Waals surface area contributed by atoms with E-state index in [1.807, 2.05) is 24.3 Å². The molecule has 13 aromatic carbocycles. The summed E-state index contributed by atoms with van der Waals surface area (Å²) < 4.78 is 0. The Morgan fingerprint density at radius 3 is 0.824 bits per heavy atom. The van der Waals surface area contributed by atoms with Crippen molar-refractivity contribution < 1.29 is 44.8 Å². The third kappa shape index (κ3) is 10.6. The van der Waals surface area contributed by atoms with E-state index in [1.165, 1.54) is 85.7 Å². The van der Waals surface area contributed by atoms with Gasteiger partial charge in [-0.05, 0) is 115 Å². The van der Waals surface area contributed by atoms with Gasteiger partial charge in [-0.1, -0.05) is 217 Å². The van der Waals surface area contributed by atoms with Crippen molar-refractivity contribution in [2.45, 2.75) is 0 Å². The molecule has 0 nitrogen and oxygen atoms in total. The van der Waals surface area contributed by atoms with Crippen molar-refractivity contribution in [1.29, 1.82) is 0 Å². The van der Waals surface area contributed by atoms with E-state index < -0.39 is 15.8 Å². The zero-order valence-corrected chi connectivity index (χ0v) is 45.1. The second-order valence-corrected chi connectivity index (χ2v) is 22.6. The molecule has 0 aliphatic heterocycles. The molecule has 0 aliphatic carbocycles. The van der Waals surface area contributed by atoms with Crippen LogP contribution in [-0.2, 0) is 44.8 Å². The normalized spacial score (nSPS) is 10.7. The van der Waals surface area contributed by atoms with E-state index in [-0.39, 0.29) is 44.8 Å². The number of hydrogen-bond acceptors (Lipinski definition) is 0. The second kappa shape index (κ2) is 24.3. The maximum Gasteiger partial charge on any atom is 1.00 e. The molecular weight excluding hydrogens is 1120 g/mol. The third-order valence-electron chi connectivity index (χ3n) is 13.6. The molecule has 0 heterocycles. The Hall–Kier alpha value is -7.12. The van der Waals surface area contributed by atoms with Crippen LogP contribution in [0, 0.1) is 24.7 Å². The molecule has 13 rings (SSSR count). The summed E-state index contributed by atoms with van der Waals surface area (Å²) >= 11 is 0. The molecule has 0 bridgehead atoms. The Balaban J connectivity index is 0.000000140. The van der Waals surface area contributed by atoms with Gasteiger partial charge in [-0.3, -0.25) is 11.8 Å². The van der Waals surface area contributed by atoms with Crippen molar-refractivity contribution in [2.75, 3.05) is 0 Å². The van der Waals surface area contributed by atoms with E-state index in [0.29, 0.717) is 0 Å². The molecule has 0 N–H and O–H groups in total. The maximum absolute atomic E-state index is 7.41. The van der Waals surface area contributed by atoms with Gasteiger partial charge in [0.1, 0.15) is 47.7 Å². The van der Waals surface area contributed by atoms with E-state index in [1.54, 1.807) is 0 Å². The average Bonchev–Trinajstić information content (AvgIpc) is 3.46. The van der Waals surface area contributed by atoms with Crippen LogP contribution in [0.5, 0.6) is 0 Å². The van der Waals surface area contributed by atoms with E-state index in [4.69, 9.17) is 12.8 Å². The predicted molar refractivity (Wildman–Crippen MR) is 317 cm³/mol. The van der Waals surface area contributed by atoms with E-state index in [9.17, 15) is 0 Å². The second-order valence-electron chi connectivity index (χ2n) is 17.7. The topological polar surface area (TPSA) is 0 Å². The molecule has 0 fully saturated rings. The van der Waals surface area contributed by atoms with Crippen molar-refractivity contribution in [2.24, 2.45) is 0 Å². The number of rotatable bonds is 6. The molecule has 0 aliphatic rings. The van der Waals surface area contributed by atoms with Crippen LogP contribution in [-0.4, -0.2) is 0 Å². The first-order valence-corrected chi connectivity index (χ1v) is 27.3. The van der Waals surface area contributed by atoms with Crippen molar-refractivity contribution in [3.05, 3.63) is 303 Å². The van der Waals surface area contributed by atoms with Crippen LogP contribution in [0.1, 0.15) is 11.1 Å². The maximum atomic E-state index is 7.41. The van der Waals surface area contributed by atoms with Gasteiger partial charge in [-0.15, -0.1) is 23.3 Å². The minimum Gasteiger partial charge on any atom is -0.366 e. The van der Waals surface area contributed by atoms with Crippen molar-refractivity contribution in [3.8, 4) is 11.8 Å². The van der Waals surface area contributed by atoms with Gasteiger partial charge < -0.3 is 12.8 Å². The van der Waals surface area contributed by atoms with Crippen molar-refractivity contribution in [3.63, 3.8) is 0 Å². The first kappa shape index (κ1) is 51.8. The molecule has 0 aromatic heterocycles. The van der Waals surface area contributed by atoms with Crippen LogP contribution >= 0.6 is 15.8 Å². The SMILES string of the molecule is [Ag+].[Ag+].[C-]#Cc1cccc2c1ccc1c3ccccc3ccc21.[C-]#Cc1cccc2c1ccc1c3ccccc3ccc21.c1ccc([PH+](c2ccccc2)c2ccccc2[PH+](c2ccccc2)c2ccccc2)cc1. The summed E-state index contributed by atoms with van der Waals surface area (Å²) in [6.45, 7) is 0. The summed E-state index contributed by atoms with van der Waals surface area (Å²) in [4.78, 5) is 0. The summed E-state index contributed by atoms with van der Waals surface area (Å²) in [5.74, 6) is 5.04. The third-order valence-corrected chi connectivity index (χ3v) is 19.4. The molecule has 0 atom stereocenters. The van der Waals surface area contributed by atoms with Crippen LogP contribution in [0.3, 0.4) is 0 Å². The van der Waals surface area contributed by atoms with Crippen LogP contribution < -0.4 is 31.8 Å². The molecule has 0 radical (unpaired) electrons. The molecular formula is C70H48Ag2P2+2. The van der Waals surface area contributed by atoms with E-state index >= 15 is 0 Å². The number of benzene rings is 13. The average molecular weight is 1170 g/mol. The fourth-order valence-corrected chi connectivity index (χ4v) is 16.2. The minimum absolute atomic E-state index is 0. The van der Waals surface area contributed by atoms with Gasteiger partial charge in [0.15, 0.2) is 0 Å². The van der Waals surface area contributed by atoms with E-state index in [0.717, 1.165) is 21.9 Å². The smallest absolute Gasteiger partial charge is 0.366 e. The Morgan fingerprint density at radius 2 is 0.473 bits per heavy atom. The summed E-state index contributed by atoms with van der Waals surface area (Å²) in [6.07, 6.45) is 14.8. The number of fused-ring (bicyclic) bond motifs is 10. The fourth-order valence-electron chi connectivity index (χ4n) is 10.2. The minimum atomic E-state index is -1.14.